The van der Waals surface area contributed by atoms with Gasteiger partial charge >= 0.3 is 0 Å². The van der Waals surface area contributed by atoms with E-state index in [-0.39, 0.29) is 0 Å². The van der Waals surface area contributed by atoms with Crippen molar-refractivity contribution >= 4 is 0 Å². The fourth-order valence-electron chi connectivity index (χ4n) is 1.47. The van der Waals surface area contributed by atoms with Crippen molar-refractivity contribution in [2.75, 3.05) is 6.54 Å². The third kappa shape index (κ3) is 2.64. The van der Waals surface area contributed by atoms with Crippen molar-refractivity contribution < 1.29 is 0 Å². The van der Waals surface area contributed by atoms with Gasteiger partial charge in [-0.15, -0.1) is 0 Å². The summed E-state index contributed by atoms with van der Waals surface area (Å²) in [5, 5.41) is 7.11. The Morgan fingerprint density at radius 1 is 1.19 bits per heavy atom. The summed E-state index contributed by atoms with van der Waals surface area (Å²) >= 11 is 0. The van der Waals surface area contributed by atoms with E-state index in [1.807, 2.05) is 12.1 Å². The van der Waals surface area contributed by atoms with Gasteiger partial charge in [-0.2, -0.15) is 5.10 Å². The molecule has 0 aliphatic carbocycles. The summed E-state index contributed by atoms with van der Waals surface area (Å²) in [5.74, 6) is 1.64. The molecule has 2 aromatic rings. The van der Waals surface area contributed by atoms with E-state index in [4.69, 9.17) is 5.73 Å². The maximum absolute atomic E-state index is 5.44. The van der Waals surface area contributed by atoms with E-state index >= 15 is 0 Å². The lowest BCUT2D eigenvalue weighted by Crippen LogP contribution is -1.99. The predicted molar refractivity (Wildman–Crippen MR) is 61.6 cm³/mol. The van der Waals surface area contributed by atoms with Gasteiger partial charge in [0.25, 0.3) is 0 Å². The first-order valence-electron chi connectivity index (χ1n) is 5.42. The molecule has 0 bridgehead atoms. The van der Waals surface area contributed by atoms with Crippen molar-refractivity contribution in [3.63, 3.8) is 0 Å². The van der Waals surface area contributed by atoms with Gasteiger partial charge in [0, 0.05) is 24.4 Å². The van der Waals surface area contributed by atoms with E-state index in [9.17, 15) is 0 Å². The van der Waals surface area contributed by atoms with Crippen LogP contribution in [-0.4, -0.2) is 26.7 Å². The molecule has 0 spiro atoms. The molecule has 0 unspecified atom stereocenters. The van der Waals surface area contributed by atoms with Crippen LogP contribution >= 0.6 is 0 Å². The lowest BCUT2D eigenvalue weighted by molar-refractivity contribution is 0.718. The van der Waals surface area contributed by atoms with Gasteiger partial charge in [0.05, 0.1) is 0 Å². The highest BCUT2D eigenvalue weighted by atomic mass is 15.2. The van der Waals surface area contributed by atoms with Crippen LogP contribution in [0, 0.1) is 0 Å². The first kappa shape index (κ1) is 10.8. The van der Waals surface area contributed by atoms with Gasteiger partial charge in [0.15, 0.2) is 5.82 Å². The molecule has 0 fully saturated rings. The Kier molecular flexibility index (Phi) is 3.61. The van der Waals surface area contributed by atoms with Crippen LogP contribution in [0.15, 0.2) is 24.5 Å². The number of aryl methyl sites for hydroxylation is 1. The SMILES string of the molecule is NCCCCc1nc(-c2ccncc2)n[nH]1. The number of unbranched alkanes of at least 4 members (excludes halogenated alkanes) is 1. The zero-order valence-corrected chi connectivity index (χ0v) is 9.06. The Balaban J connectivity index is 2.02. The summed E-state index contributed by atoms with van der Waals surface area (Å²) in [6.07, 6.45) is 6.43. The fourth-order valence-corrected chi connectivity index (χ4v) is 1.47. The van der Waals surface area contributed by atoms with Gasteiger partial charge in [0.2, 0.25) is 0 Å². The molecule has 0 saturated carbocycles. The second kappa shape index (κ2) is 5.37. The number of hydrogen-bond acceptors (Lipinski definition) is 4. The second-order valence-electron chi connectivity index (χ2n) is 3.59. The topological polar surface area (TPSA) is 80.5 Å². The summed E-state index contributed by atoms with van der Waals surface area (Å²) in [6, 6.07) is 3.79. The predicted octanol–water partition coefficient (Wildman–Crippen LogP) is 1.15. The standard InChI is InChI=1S/C11H15N5/c12-6-2-1-3-10-14-11(16-15-10)9-4-7-13-8-5-9/h4-5,7-8H,1-3,6,12H2,(H,14,15,16). The van der Waals surface area contributed by atoms with Crippen molar-refractivity contribution in [3.05, 3.63) is 30.4 Å². The minimum Gasteiger partial charge on any atom is -0.330 e. The van der Waals surface area contributed by atoms with Crippen molar-refractivity contribution in [3.8, 4) is 11.4 Å². The molecule has 0 saturated heterocycles. The maximum atomic E-state index is 5.44. The highest BCUT2D eigenvalue weighted by Gasteiger charge is 2.04. The quantitative estimate of drug-likeness (QED) is 0.736. The van der Waals surface area contributed by atoms with Gasteiger partial charge in [-0.3, -0.25) is 10.1 Å². The molecular formula is C11H15N5. The van der Waals surface area contributed by atoms with Crippen LogP contribution < -0.4 is 5.73 Å². The highest BCUT2D eigenvalue weighted by Crippen LogP contribution is 2.12. The van der Waals surface area contributed by atoms with Crippen LogP contribution in [0.1, 0.15) is 18.7 Å². The lowest BCUT2D eigenvalue weighted by atomic mass is 10.2. The molecule has 0 aromatic carbocycles. The van der Waals surface area contributed by atoms with Crippen LogP contribution in [0.5, 0.6) is 0 Å². The normalized spacial score (nSPS) is 10.6. The number of pyridine rings is 1. The molecule has 2 heterocycles. The maximum Gasteiger partial charge on any atom is 0.181 e. The molecule has 2 aromatic heterocycles. The molecular weight excluding hydrogens is 202 g/mol. The molecule has 16 heavy (non-hydrogen) atoms. The zero-order valence-electron chi connectivity index (χ0n) is 9.06. The number of H-pyrrole nitrogens is 1. The van der Waals surface area contributed by atoms with E-state index in [0.29, 0.717) is 0 Å². The molecule has 0 aliphatic heterocycles. The number of nitrogens with one attached hydrogen (secondary N) is 1. The average molecular weight is 217 g/mol. The van der Waals surface area contributed by atoms with Crippen molar-refractivity contribution in [1.29, 1.82) is 0 Å². The van der Waals surface area contributed by atoms with Crippen LogP contribution in [0.4, 0.5) is 0 Å². The molecule has 5 nitrogen and oxygen atoms in total. The molecule has 3 N–H and O–H groups in total. The molecule has 0 atom stereocenters. The second-order valence-corrected chi connectivity index (χ2v) is 3.59. The fraction of sp³-hybridized carbons (Fsp3) is 0.364. The number of aromatic amines is 1. The Hall–Kier alpha value is -1.75. The van der Waals surface area contributed by atoms with Gasteiger partial charge in [-0.1, -0.05) is 0 Å². The number of aromatic nitrogens is 4. The van der Waals surface area contributed by atoms with Gasteiger partial charge < -0.3 is 5.73 Å². The van der Waals surface area contributed by atoms with Gasteiger partial charge in [-0.25, -0.2) is 4.98 Å². The van der Waals surface area contributed by atoms with Crippen molar-refractivity contribution in [2.24, 2.45) is 5.73 Å². The molecule has 0 amide bonds. The summed E-state index contributed by atoms with van der Waals surface area (Å²) < 4.78 is 0. The number of nitrogens with zero attached hydrogens (tertiary/aromatic N) is 3. The third-order valence-corrected chi connectivity index (χ3v) is 2.34. The van der Waals surface area contributed by atoms with Crippen LogP contribution in [0.2, 0.25) is 0 Å². The van der Waals surface area contributed by atoms with Gasteiger partial charge in [0.1, 0.15) is 5.82 Å². The van der Waals surface area contributed by atoms with Crippen LogP contribution in [-0.2, 0) is 6.42 Å². The van der Waals surface area contributed by atoms with E-state index < -0.39 is 0 Å². The molecule has 0 aliphatic rings. The zero-order chi connectivity index (χ0) is 11.2. The first-order chi connectivity index (χ1) is 7.90. The lowest BCUT2D eigenvalue weighted by Gasteiger charge is -1.94. The highest BCUT2D eigenvalue weighted by molar-refractivity contribution is 5.52. The van der Waals surface area contributed by atoms with Crippen LogP contribution in [0.3, 0.4) is 0 Å². The first-order valence-corrected chi connectivity index (χ1v) is 5.42. The largest absolute Gasteiger partial charge is 0.330 e. The van der Waals surface area contributed by atoms with Crippen LogP contribution in [0.25, 0.3) is 11.4 Å². The number of nitrogens with two attached hydrogens (primary N) is 1. The van der Waals surface area contributed by atoms with Crippen molar-refractivity contribution in [1.82, 2.24) is 20.2 Å². The van der Waals surface area contributed by atoms with E-state index in [0.717, 1.165) is 43.0 Å². The smallest absolute Gasteiger partial charge is 0.181 e. The molecule has 2 rings (SSSR count). The Labute approximate surface area is 94.1 Å². The Morgan fingerprint density at radius 2 is 2.00 bits per heavy atom. The van der Waals surface area contributed by atoms with E-state index in [1.165, 1.54) is 0 Å². The summed E-state index contributed by atoms with van der Waals surface area (Å²) in [4.78, 5) is 8.38. The number of hydrogen-bond donors (Lipinski definition) is 2. The third-order valence-electron chi connectivity index (χ3n) is 2.34. The minimum absolute atomic E-state index is 0.727. The minimum atomic E-state index is 0.727. The molecule has 84 valence electrons. The monoisotopic (exact) mass is 217 g/mol. The van der Waals surface area contributed by atoms with Crippen molar-refractivity contribution in [2.45, 2.75) is 19.3 Å². The molecule has 0 radical (unpaired) electrons. The Bertz CT molecular complexity index is 423. The Morgan fingerprint density at radius 3 is 2.75 bits per heavy atom. The summed E-state index contributed by atoms with van der Waals surface area (Å²) in [7, 11) is 0. The summed E-state index contributed by atoms with van der Waals surface area (Å²) in [6.45, 7) is 0.728. The number of rotatable bonds is 5. The summed E-state index contributed by atoms with van der Waals surface area (Å²) in [5.41, 5.74) is 6.42. The average Bonchev–Trinajstić information content (AvgIpc) is 2.79. The van der Waals surface area contributed by atoms with E-state index in [1.54, 1.807) is 12.4 Å². The molecule has 5 heteroatoms. The van der Waals surface area contributed by atoms with Gasteiger partial charge in [-0.05, 0) is 31.5 Å². The van der Waals surface area contributed by atoms with E-state index in [2.05, 4.69) is 20.2 Å².